The lowest BCUT2D eigenvalue weighted by molar-refractivity contribution is -0.191. The molecule has 7 heteroatoms. The fourth-order valence-corrected chi connectivity index (χ4v) is 2.90. The molecule has 0 atom stereocenters. The van der Waals surface area contributed by atoms with Crippen LogP contribution in [0.1, 0.15) is 20.3 Å². The average Bonchev–Trinajstić information content (AvgIpc) is 2.37. The molecule has 0 amide bonds. The number of hydrogen-bond donors (Lipinski definition) is 0. The van der Waals surface area contributed by atoms with Gasteiger partial charge in [0.15, 0.2) is 0 Å². The third-order valence-corrected chi connectivity index (χ3v) is 3.59. The van der Waals surface area contributed by atoms with Gasteiger partial charge in [-0.1, -0.05) is 0 Å². The number of hydrogen-bond acceptors (Lipinski definition) is 6. The Balaban J connectivity index is 3.01. The number of esters is 2. The van der Waals surface area contributed by atoms with Crippen molar-refractivity contribution in [2.75, 3.05) is 19.8 Å². The minimum atomic E-state index is -1.84. The summed E-state index contributed by atoms with van der Waals surface area (Å²) in [5.41, 5.74) is -1.75. The molecule has 0 aromatic carbocycles. The molecule has 6 nitrogen and oxygen atoms in total. The number of ether oxygens (including phenoxy) is 3. The SMILES string of the molecule is CCOC(=O)C1(C(=O)OCC)CC(O[Si](C)(C)C)=CCO1. The zero-order chi connectivity index (χ0) is 16.1. The Kier molecular flexibility index (Phi) is 5.97. The second-order valence-corrected chi connectivity index (χ2v) is 10.1. The molecule has 1 aliphatic rings. The van der Waals surface area contributed by atoms with Gasteiger partial charge in [0.1, 0.15) is 0 Å². The van der Waals surface area contributed by atoms with E-state index in [0.29, 0.717) is 5.76 Å². The Morgan fingerprint density at radius 2 is 1.71 bits per heavy atom. The molecule has 0 N–H and O–H groups in total. The van der Waals surface area contributed by atoms with Crippen LogP contribution in [0.3, 0.4) is 0 Å². The van der Waals surface area contributed by atoms with E-state index in [9.17, 15) is 9.59 Å². The van der Waals surface area contributed by atoms with E-state index in [-0.39, 0.29) is 26.2 Å². The lowest BCUT2D eigenvalue weighted by Gasteiger charge is -2.34. The zero-order valence-electron chi connectivity index (χ0n) is 13.4. The van der Waals surface area contributed by atoms with Crippen LogP contribution < -0.4 is 0 Å². The Labute approximate surface area is 126 Å². The molecule has 0 aromatic heterocycles. The first-order chi connectivity index (χ1) is 9.75. The van der Waals surface area contributed by atoms with Crippen LogP contribution in [0.4, 0.5) is 0 Å². The fourth-order valence-electron chi connectivity index (χ4n) is 1.96. The highest BCUT2D eigenvalue weighted by atomic mass is 28.4. The molecular weight excluding hydrogens is 292 g/mol. The Morgan fingerprint density at radius 1 is 1.19 bits per heavy atom. The van der Waals surface area contributed by atoms with Gasteiger partial charge in [-0.05, 0) is 39.6 Å². The van der Waals surface area contributed by atoms with Crippen molar-refractivity contribution >= 4 is 20.3 Å². The quantitative estimate of drug-likeness (QED) is 0.424. The van der Waals surface area contributed by atoms with Gasteiger partial charge in [0.2, 0.25) is 8.32 Å². The molecule has 0 radical (unpaired) electrons. The molecule has 21 heavy (non-hydrogen) atoms. The van der Waals surface area contributed by atoms with Crippen molar-refractivity contribution in [1.29, 1.82) is 0 Å². The van der Waals surface area contributed by atoms with Crippen molar-refractivity contribution in [3.63, 3.8) is 0 Å². The van der Waals surface area contributed by atoms with Gasteiger partial charge in [-0.3, -0.25) is 0 Å². The van der Waals surface area contributed by atoms with Gasteiger partial charge in [-0.15, -0.1) is 0 Å². The fraction of sp³-hybridized carbons (Fsp3) is 0.714. The summed E-state index contributed by atoms with van der Waals surface area (Å²) >= 11 is 0. The smallest absolute Gasteiger partial charge is 0.350 e. The molecule has 1 heterocycles. The molecule has 0 bridgehead atoms. The molecule has 1 aliphatic heterocycles. The summed E-state index contributed by atoms with van der Waals surface area (Å²) in [5, 5.41) is 0. The van der Waals surface area contributed by atoms with Crippen LogP contribution in [0.15, 0.2) is 11.8 Å². The molecule has 0 aromatic rings. The Morgan fingerprint density at radius 3 is 2.14 bits per heavy atom. The average molecular weight is 316 g/mol. The first-order valence-electron chi connectivity index (χ1n) is 7.11. The summed E-state index contributed by atoms with van der Waals surface area (Å²) < 4.78 is 21.3. The summed E-state index contributed by atoms with van der Waals surface area (Å²) in [6, 6.07) is 0. The van der Waals surface area contributed by atoms with Gasteiger partial charge >= 0.3 is 11.9 Å². The first kappa shape index (κ1) is 17.7. The van der Waals surface area contributed by atoms with Crippen LogP contribution in [0.5, 0.6) is 0 Å². The largest absolute Gasteiger partial charge is 0.547 e. The van der Waals surface area contributed by atoms with Gasteiger partial charge < -0.3 is 18.6 Å². The van der Waals surface area contributed by atoms with E-state index in [4.69, 9.17) is 18.6 Å². The Hall–Kier alpha value is -1.34. The summed E-state index contributed by atoms with van der Waals surface area (Å²) in [6.45, 7) is 9.87. The minimum Gasteiger partial charge on any atom is -0.547 e. The van der Waals surface area contributed by atoms with E-state index >= 15 is 0 Å². The van der Waals surface area contributed by atoms with Gasteiger partial charge in [-0.2, -0.15) is 0 Å². The van der Waals surface area contributed by atoms with Crippen molar-refractivity contribution in [2.45, 2.75) is 45.5 Å². The van der Waals surface area contributed by atoms with Gasteiger partial charge in [0.25, 0.3) is 5.60 Å². The highest BCUT2D eigenvalue weighted by molar-refractivity contribution is 6.70. The predicted octanol–water partition coefficient (Wildman–Crippen LogP) is 2.01. The maximum Gasteiger partial charge on any atom is 0.350 e. The van der Waals surface area contributed by atoms with Crippen molar-refractivity contribution in [3.8, 4) is 0 Å². The first-order valence-corrected chi connectivity index (χ1v) is 10.5. The lowest BCUT2D eigenvalue weighted by atomic mass is 9.96. The summed E-state index contributed by atoms with van der Waals surface area (Å²) in [6.07, 6.45) is 1.75. The minimum absolute atomic E-state index is 0.00887. The summed E-state index contributed by atoms with van der Waals surface area (Å²) in [7, 11) is -1.84. The summed E-state index contributed by atoms with van der Waals surface area (Å²) in [4.78, 5) is 24.5. The van der Waals surface area contributed by atoms with Crippen molar-refractivity contribution in [2.24, 2.45) is 0 Å². The normalized spacial score (nSPS) is 17.7. The van der Waals surface area contributed by atoms with E-state index in [1.807, 2.05) is 19.6 Å². The molecule has 0 saturated carbocycles. The zero-order valence-corrected chi connectivity index (χ0v) is 14.4. The van der Waals surface area contributed by atoms with Gasteiger partial charge in [-0.25, -0.2) is 9.59 Å². The van der Waals surface area contributed by atoms with Crippen LogP contribution >= 0.6 is 0 Å². The highest BCUT2D eigenvalue weighted by Gasteiger charge is 2.53. The van der Waals surface area contributed by atoms with Gasteiger partial charge in [0.05, 0.1) is 32.0 Å². The number of carbonyl (C=O) groups is 2. The molecule has 1 rings (SSSR count). The second-order valence-electron chi connectivity index (χ2n) is 5.64. The lowest BCUT2D eigenvalue weighted by Crippen LogP contribution is -2.53. The van der Waals surface area contributed by atoms with E-state index in [1.54, 1.807) is 19.9 Å². The second kappa shape index (κ2) is 7.08. The van der Waals surface area contributed by atoms with E-state index in [1.165, 1.54) is 0 Å². The van der Waals surface area contributed by atoms with E-state index in [0.717, 1.165) is 0 Å². The summed E-state index contributed by atoms with van der Waals surface area (Å²) in [5.74, 6) is -0.872. The predicted molar refractivity (Wildman–Crippen MR) is 79.1 cm³/mol. The highest BCUT2D eigenvalue weighted by Crippen LogP contribution is 2.31. The molecule has 0 unspecified atom stereocenters. The molecule has 0 fully saturated rings. The van der Waals surface area contributed by atoms with Crippen LogP contribution in [0.2, 0.25) is 19.6 Å². The molecule has 0 aliphatic carbocycles. The molecule has 0 saturated heterocycles. The van der Waals surface area contributed by atoms with Crippen molar-refractivity contribution < 1.29 is 28.2 Å². The standard InChI is InChI=1S/C14H24O6Si/c1-6-17-12(15)14(13(16)18-7-2)10-11(8-9-19-14)20-21(3,4)5/h8H,6-7,9-10H2,1-5H3. The van der Waals surface area contributed by atoms with E-state index in [2.05, 4.69) is 0 Å². The monoisotopic (exact) mass is 316 g/mol. The molecule has 120 valence electrons. The van der Waals surface area contributed by atoms with Crippen LogP contribution in [-0.2, 0) is 28.2 Å². The number of carbonyl (C=O) groups excluding carboxylic acids is 2. The van der Waals surface area contributed by atoms with E-state index < -0.39 is 25.9 Å². The van der Waals surface area contributed by atoms with Crippen LogP contribution in [0, 0.1) is 0 Å². The van der Waals surface area contributed by atoms with Gasteiger partial charge in [0, 0.05) is 0 Å². The topological polar surface area (TPSA) is 71.1 Å². The van der Waals surface area contributed by atoms with Crippen molar-refractivity contribution in [1.82, 2.24) is 0 Å². The molecular formula is C14H24O6Si. The molecule has 0 spiro atoms. The number of rotatable bonds is 6. The van der Waals surface area contributed by atoms with Crippen LogP contribution in [-0.4, -0.2) is 45.7 Å². The van der Waals surface area contributed by atoms with Crippen LogP contribution in [0.25, 0.3) is 0 Å². The maximum absolute atomic E-state index is 12.2. The third kappa shape index (κ3) is 4.57. The third-order valence-electron chi connectivity index (χ3n) is 2.71. The van der Waals surface area contributed by atoms with Crippen molar-refractivity contribution in [3.05, 3.63) is 11.8 Å². The Bertz CT molecular complexity index is 406. The maximum atomic E-state index is 12.2.